The summed E-state index contributed by atoms with van der Waals surface area (Å²) in [5.41, 5.74) is 4.24. The Bertz CT molecular complexity index is 1190. The zero-order chi connectivity index (χ0) is 21.3. The fourth-order valence-corrected chi connectivity index (χ4v) is 4.98. The minimum absolute atomic E-state index is 0.135. The van der Waals surface area contributed by atoms with Crippen molar-refractivity contribution in [1.82, 2.24) is 4.31 Å². The maximum Gasteiger partial charge on any atom is 0.243 e. The van der Waals surface area contributed by atoms with Crippen molar-refractivity contribution in [3.8, 4) is 0 Å². The molecule has 1 aromatic heterocycles. The number of carbonyl (C=O) groups is 1. The average Bonchev–Trinajstić information content (AvgIpc) is 3.10. The first-order chi connectivity index (χ1) is 14.3. The molecule has 4 rings (SSSR count). The van der Waals surface area contributed by atoms with Gasteiger partial charge in [-0.05, 0) is 55.3 Å². The summed E-state index contributed by atoms with van der Waals surface area (Å²) in [6, 6.07) is 10.3. The van der Waals surface area contributed by atoms with Gasteiger partial charge in [0.1, 0.15) is 5.58 Å². The fourth-order valence-electron chi connectivity index (χ4n) is 3.52. The predicted molar refractivity (Wildman–Crippen MR) is 114 cm³/mol. The molecule has 2 aromatic carbocycles. The molecule has 0 radical (unpaired) electrons. The number of amides is 1. The van der Waals surface area contributed by atoms with Crippen molar-refractivity contribution in [1.29, 1.82) is 0 Å². The van der Waals surface area contributed by atoms with Crippen LogP contribution in [0.1, 0.15) is 16.7 Å². The number of aryl methyl sites for hydroxylation is 2. The van der Waals surface area contributed by atoms with Gasteiger partial charge in [0.05, 0.1) is 30.8 Å². The number of fused-ring (bicyclic) bond motifs is 1. The highest BCUT2D eigenvalue weighted by molar-refractivity contribution is 7.89. The normalized spacial score (nSPS) is 15.4. The summed E-state index contributed by atoms with van der Waals surface area (Å²) in [7, 11) is -3.62. The molecule has 0 spiro atoms. The van der Waals surface area contributed by atoms with Gasteiger partial charge in [-0.1, -0.05) is 6.07 Å². The van der Waals surface area contributed by atoms with Gasteiger partial charge in [-0.15, -0.1) is 0 Å². The lowest BCUT2D eigenvalue weighted by Gasteiger charge is -2.26. The van der Waals surface area contributed by atoms with Crippen molar-refractivity contribution >= 4 is 32.6 Å². The largest absolute Gasteiger partial charge is 0.464 e. The predicted octanol–water partition coefficient (Wildman–Crippen LogP) is 3.25. The molecule has 0 aliphatic carbocycles. The van der Waals surface area contributed by atoms with Crippen LogP contribution < -0.4 is 5.32 Å². The Labute approximate surface area is 175 Å². The van der Waals surface area contributed by atoms with Crippen molar-refractivity contribution < 1.29 is 22.4 Å². The zero-order valence-corrected chi connectivity index (χ0v) is 17.8. The van der Waals surface area contributed by atoms with E-state index in [-0.39, 0.29) is 17.2 Å². The molecule has 1 aliphatic rings. The monoisotopic (exact) mass is 428 g/mol. The number of rotatable bonds is 5. The molecule has 1 fully saturated rings. The van der Waals surface area contributed by atoms with Crippen LogP contribution in [-0.4, -0.2) is 44.9 Å². The molecule has 1 saturated heterocycles. The van der Waals surface area contributed by atoms with Crippen molar-refractivity contribution in [2.75, 3.05) is 31.6 Å². The molecule has 1 N–H and O–H groups in total. The highest BCUT2D eigenvalue weighted by atomic mass is 32.2. The Morgan fingerprint density at radius 3 is 2.60 bits per heavy atom. The van der Waals surface area contributed by atoms with E-state index in [1.807, 2.05) is 26.0 Å². The number of benzene rings is 2. The quantitative estimate of drug-likeness (QED) is 0.674. The number of morpholine rings is 1. The molecular weight excluding hydrogens is 404 g/mol. The first kappa shape index (κ1) is 20.6. The van der Waals surface area contributed by atoms with Crippen LogP contribution in [0.3, 0.4) is 0 Å². The summed E-state index contributed by atoms with van der Waals surface area (Å²) in [4.78, 5) is 12.8. The number of hydrogen-bond acceptors (Lipinski definition) is 5. The lowest BCUT2D eigenvalue weighted by molar-refractivity contribution is -0.115. The Morgan fingerprint density at radius 2 is 1.83 bits per heavy atom. The van der Waals surface area contributed by atoms with Gasteiger partial charge >= 0.3 is 0 Å². The number of anilines is 1. The number of sulfonamides is 1. The lowest BCUT2D eigenvalue weighted by Crippen LogP contribution is -2.40. The molecule has 2 heterocycles. The smallest absolute Gasteiger partial charge is 0.243 e. The van der Waals surface area contributed by atoms with Crippen LogP contribution in [0.15, 0.2) is 52.0 Å². The molecule has 7 nitrogen and oxygen atoms in total. The maximum absolute atomic E-state index is 12.8. The maximum atomic E-state index is 12.8. The van der Waals surface area contributed by atoms with Crippen LogP contribution >= 0.6 is 0 Å². The van der Waals surface area contributed by atoms with E-state index < -0.39 is 10.0 Å². The molecule has 0 unspecified atom stereocenters. The first-order valence-corrected chi connectivity index (χ1v) is 11.2. The highest BCUT2D eigenvalue weighted by Crippen LogP contribution is 2.26. The molecule has 158 valence electrons. The van der Waals surface area contributed by atoms with Gasteiger partial charge in [-0.3, -0.25) is 4.79 Å². The second-order valence-electron chi connectivity index (χ2n) is 7.46. The fraction of sp³-hybridized carbons (Fsp3) is 0.318. The topological polar surface area (TPSA) is 88.8 Å². The second-order valence-corrected chi connectivity index (χ2v) is 9.40. The Kier molecular flexibility index (Phi) is 5.64. The van der Waals surface area contributed by atoms with Gasteiger partial charge in [0.2, 0.25) is 15.9 Å². The van der Waals surface area contributed by atoms with Crippen LogP contribution in [0.5, 0.6) is 0 Å². The third-order valence-electron chi connectivity index (χ3n) is 5.35. The lowest BCUT2D eigenvalue weighted by atomic mass is 10.0. The van der Waals surface area contributed by atoms with E-state index in [4.69, 9.17) is 9.15 Å². The standard InChI is InChI=1S/C22H24N2O5S/c1-15-10-20-17(14-29-21(20)11-16(15)2)12-22(25)23-18-4-3-5-19(13-18)30(26,27)24-6-8-28-9-7-24/h3-5,10-11,13-14H,6-9,12H2,1-2H3,(H,23,25). The summed E-state index contributed by atoms with van der Waals surface area (Å²) in [6.45, 7) is 5.45. The van der Waals surface area contributed by atoms with Crippen LogP contribution in [0.4, 0.5) is 5.69 Å². The molecule has 0 atom stereocenters. The van der Waals surface area contributed by atoms with Gasteiger partial charge in [0.25, 0.3) is 0 Å². The number of nitrogens with one attached hydrogen (secondary N) is 1. The molecule has 1 aliphatic heterocycles. The first-order valence-electron chi connectivity index (χ1n) is 9.80. The van der Waals surface area contributed by atoms with Gasteiger partial charge < -0.3 is 14.5 Å². The van der Waals surface area contributed by atoms with E-state index in [0.717, 1.165) is 27.7 Å². The summed E-state index contributed by atoms with van der Waals surface area (Å²) < 4.78 is 37.9. The van der Waals surface area contributed by atoms with E-state index in [2.05, 4.69) is 5.32 Å². The molecule has 0 saturated carbocycles. The molecule has 3 aromatic rings. The number of nitrogens with zero attached hydrogens (tertiary/aromatic N) is 1. The second kappa shape index (κ2) is 8.22. The summed E-state index contributed by atoms with van der Waals surface area (Å²) >= 11 is 0. The Balaban J connectivity index is 1.50. The van der Waals surface area contributed by atoms with Crippen molar-refractivity contribution in [3.05, 3.63) is 59.4 Å². The van der Waals surface area contributed by atoms with Crippen molar-refractivity contribution in [2.24, 2.45) is 0 Å². The number of carbonyl (C=O) groups excluding carboxylic acids is 1. The summed E-state index contributed by atoms with van der Waals surface area (Å²) in [6.07, 6.45) is 1.73. The van der Waals surface area contributed by atoms with E-state index in [1.165, 1.54) is 16.4 Å². The third-order valence-corrected chi connectivity index (χ3v) is 7.24. The number of hydrogen-bond donors (Lipinski definition) is 1. The van der Waals surface area contributed by atoms with Gasteiger partial charge in [0, 0.05) is 29.7 Å². The number of furan rings is 1. The highest BCUT2D eigenvalue weighted by Gasteiger charge is 2.26. The van der Waals surface area contributed by atoms with Crippen LogP contribution in [0, 0.1) is 13.8 Å². The van der Waals surface area contributed by atoms with Gasteiger partial charge in [-0.25, -0.2) is 8.42 Å². The van der Waals surface area contributed by atoms with Crippen molar-refractivity contribution in [2.45, 2.75) is 25.2 Å². The van der Waals surface area contributed by atoms with Crippen LogP contribution in [0.25, 0.3) is 11.0 Å². The Hall–Kier alpha value is -2.68. The van der Waals surface area contributed by atoms with E-state index in [0.29, 0.717) is 32.0 Å². The van der Waals surface area contributed by atoms with Crippen LogP contribution in [0.2, 0.25) is 0 Å². The summed E-state index contributed by atoms with van der Waals surface area (Å²) in [5.74, 6) is -0.239. The van der Waals surface area contributed by atoms with Gasteiger partial charge in [-0.2, -0.15) is 4.31 Å². The van der Waals surface area contributed by atoms with Crippen LogP contribution in [-0.2, 0) is 26.0 Å². The minimum Gasteiger partial charge on any atom is -0.464 e. The van der Waals surface area contributed by atoms with Crippen molar-refractivity contribution in [3.63, 3.8) is 0 Å². The molecule has 30 heavy (non-hydrogen) atoms. The zero-order valence-electron chi connectivity index (χ0n) is 17.0. The average molecular weight is 429 g/mol. The molecule has 1 amide bonds. The number of ether oxygens (including phenoxy) is 1. The third kappa shape index (κ3) is 4.12. The Morgan fingerprint density at radius 1 is 1.10 bits per heavy atom. The minimum atomic E-state index is -3.62. The van der Waals surface area contributed by atoms with E-state index in [9.17, 15) is 13.2 Å². The SMILES string of the molecule is Cc1cc2occ(CC(=O)Nc3cccc(S(=O)(=O)N4CCOCC4)c3)c2cc1C. The molecular formula is C22H24N2O5S. The van der Waals surface area contributed by atoms with Gasteiger partial charge in [0.15, 0.2) is 0 Å². The molecule has 8 heteroatoms. The molecule has 0 bridgehead atoms. The van der Waals surface area contributed by atoms with E-state index in [1.54, 1.807) is 18.4 Å². The van der Waals surface area contributed by atoms with E-state index >= 15 is 0 Å². The summed E-state index contributed by atoms with van der Waals surface area (Å²) in [5, 5.41) is 3.71.